The van der Waals surface area contributed by atoms with E-state index in [4.69, 9.17) is 9.66 Å². The summed E-state index contributed by atoms with van der Waals surface area (Å²) in [6, 6.07) is 8.59. The summed E-state index contributed by atoms with van der Waals surface area (Å²) >= 11 is 0. The van der Waals surface area contributed by atoms with Crippen LogP contribution in [0.25, 0.3) is 0 Å². The molecule has 6 heteroatoms. The van der Waals surface area contributed by atoms with Crippen LogP contribution < -0.4 is 29.6 Å². The molecule has 0 bridgehead atoms. The fourth-order valence-corrected chi connectivity index (χ4v) is 1.32. The number of aliphatic hydroxyl groups is 1. The van der Waals surface area contributed by atoms with Gasteiger partial charge in [0.2, 0.25) is 0 Å². The molecule has 1 rings (SSSR count). The molecule has 1 aromatic carbocycles. The minimum atomic E-state index is -4.35. The van der Waals surface area contributed by atoms with Crippen molar-refractivity contribution in [2.75, 3.05) is 0 Å². The zero-order valence-corrected chi connectivity index (χ0v) is 10.6. The van der Waals surface area contributed by atoms with Crippen LogP contribution in [0.4, 0.5) is 0 Å². The van der Waals surface area contributed by atoms with Crippen LogP contribution >= 0.6 is 0 Å². The van der Waals surface area contributed by atoms with Gasteiger partial charge in [-0.2, -0.15) is 8.42 Å². The molecule has 0 aliphatic rings. The van der Waals surface area contributed by atoms with Crippen molar-refractivity contribution in [3.05, 3.63) is 35.9 Å². The quantitative estimate of drug-likeness (QED) is 0.438. The SMILES string of the molecule is O=S(=O)(O)C(O)Cc1ccccc1.[Na+]. The maximum atomic E-state index is 10.4. The summed E-state index contributed by atoms with van der Waals surface area (Å²) in [6.07, 6.45) is -0.0975. The third-order valence-electron chi connectivity index (χ3n) is 1.60. The summed E-state index contributed by atoms with van der Waals surface area (Å²) in [5.41, 5.74) is -1.08. The maximum absolute atomic E-state index is 10.4. The minimum absolute atomic E-state index is 0. The largest absolute Gasteiger partial charge is 1.00 e. The van der Waals surface area contributed by atoms with E-state index in [0.29, 0.717) is 5.56 Å². The second-order valence-electron chi connectivity index (χ2n) is 2.66. The first-order chi connectivity index (χ1) is 6.00. The first-order valence-electron chi connectivity index (χ1n) is 3.68. The Kier molecular flexibility index (Phi) is 5.88. The Balaban J connectivity index is 0.00000169. The van der Waals surface area contributed by atoms with Crippen LogP contribution in [-0.2, 0) is 16.5 Å². The van der Waals surface area contributed by atoms with Gasteiger partial charge in [-0.05, 0) is 5.56 Å². The molecule has 0 spiro atoms. The molecule has 0 fully saturated rings. The van der Waals surface area contributed by atoms with Gasteiger partial charge in [-0.25, -0.2) is 0 Å². The third-order valence-corrected chi connectivity index (χ3v) is 2.45. The van der Waals surface area contributed by atoms with Crippen molar-refractivity contribution >= 4 is 10.1 Å². The van der Waals surface area contributed by atoms with Gasteiger partial charge >= 0.3 is 29.6 Å². The molecule has 0 aliphatic heterocycles. The molecular formula is C8H10NaO4S+. The summed E-state index contributed by atoms with van der Waals surface area (Å²) in [7, 11) is -4.35. The molecule has 14 heavy (non-hydrogen) atoms. The molecule has 0 saturated carbocycles. The third kappa shape index (κ3) is 4.54. The fraction of sp³-hybridized carbons (Fsp3) is 0.250. The Morgan fingerprint density at radius 2 is 1.71 bits per heavy atom. The van der Waals surface area contributed by atoms with E-state index < -0.39 is 15.6 Å². The molecule has 0 aliphatic carbocycles. The van der Waals surface area contributed by atoms with Gasteiger partial charge in [-0.15, -0.1) is 0 Å². The van der Waals surface area contributed by atoms with E-state index in [0.717, 1.165) is 0 Å². The molecule has 1 atom stereocenters. The summed E-state index contributed by atoms with van der Waals surface area (Å²) < 4.78 is 29.4. The number of hydrogen-bond donors (Lipinski definition) is 2. The Morgan fingerprint density at radius 3 is 2.14 bits per heavy atom. The van der Waals surface area contributed by atoms with E-state index in [1.165, 1.54) is 0 Å². The predicted octanol–water partition coefficient (Wildman–Crippen LogP) is -2.56. The van der Waals surface area contributed by atoms with E-state index in [1.807, 2.05) is 0 Å². The van der Waals surface area contributed by atoms with Gasteiger partial charge in [0.05, 0.1) is 0 Å². The Morgan fingerprint density at radius 1 is 1.21 bits per heavy atom. The Bertz CT molecular complexity index is 362. The summed E-state index contributed by atoms with van der Waals surface area (Å²) in [4.78, 5) is 0. The van der Waals surface area contributed by atoms with Crippen LogP contribution in [-0.4, -0.2) is 23.5 Å². The van der Waals surface area contributed by atoms with E-state index in [-0.39, 0.29) is 36.0 Å². The van der Waals surface area contributed by atoms with Crippen molar-refractivity contribution in [1.82, 2.24) is 0 Å². The average molecular weight is 225 g/mol. The molecule has 1 unspecified atom stereocenters. The summed E-state index contributed by atoms with van der Waals surface area (Å²) in [5, 5.41) is 9.00. The molecule has 4 nitrogen and oxygen atoms in total. The van der Waals surface area contributed by atoms with E-state index >= 15 is 0 Å². The zero-order chi connectivity index (χ0) is 9.90. The van der Waals surface area contributed by atoms with Gasteiger partial charge in [0.25, 0.3) is 10.1 Å². The molecule has 0 aromatic heterocycles. The summed E-state index contributed by atoms with van der Waals surface area (Å²) in [6.45, 7) is 0. The molecule has 1 aromatic rings. The topological polar surface area (TPSA) is 74.6 Å². The Hall–Kier alpha value is 0.0900. The fourth-order valence-electron chi connectivity index (χ4n) is 0.921. The zero-order valence-electron chi connectivity index (χ0n) is 7.79. The molecular weight excluding hydrogens is 215 g/mol. The van der Waals surface area contributed by atoms with Crippen molar-refractivity contribution in [2.45, 2.75) is 11.9 Å². The minimum Gasteiger partial charge on any atom is -0.375 e. The second-order valence-corrected chi connectivity index (χ2v) is 4.23. The first-order valence-corrected chi connectivity index (χ1v) is 5.19. The normalized spacial score (nSPS) is 13.0. The van der Waals surface area contributed by atoms with Crippen molar-refractivity contribution < 1.29 is 47.6 Å². The van der Waals surface area contributed by atoms with Gasteiger partial charge in [0.15, 0.2) is 5.44 Å². The number of hydrogen-bond acceptors (Lipinski definition) is 3. The second kappa shape index (κ2) is 5.85. The molecule has 0 amide bonds. The molecule has 2 N–H and O–H groups in total. The van der Waals surface area contributed by atoms with Crippen LogP contribution in [0.2, 0.25) is 0 Å². The van der Waals surface area contributed by atoms with E-state index in [9.17, 15) is 8.42 Å². The number of benzene rings is 1. The van der Waals surface area contributed by atoms with Crippen molar-refractivity contribution in [1.29, 1.82) is 0 Å². The standard InChI is InChI=1S/C8H10O4S.Na/c9-8(13(10,11)12)6-7-4-2-1-3-5-7;/h1-5,8-9H,6H2,(H,10,11,12);/q;+1. The molecule has 0 radical (unpaired) electrons. The van der Waals surface area contributed by atoms with Gasteiger partial charge in [-0.3, -0.25) is 4.55 Å². The Labute approximate surface area is 105 Å². The summed E-state index contributed by atoms with van der Waals surface area (Å²) in [5.74, 6) is 0. The monoisotopic (exact) mass is 225 g/mol. The van der Waals surface area contributed by atoms with Crippen LogP contribution in [0.1, 0.15) is 5.56 Å². The van der Waals surface area contributed by atoms with Crippen LogP contribution in [0.15, 0.2) is 30.3 Å². The van der Waals surface area contributed by atoms with Crippen molar-refractivity contribution in [3.63, 3.8) is 0 Å². The van der Waals surface area contributed by atoms with Crippen LogP contribution in [0.5, 0.6) is 0 Å². The van der Waals surface area contributed by atoms with Crippen LogP contribution in [0.3, 0.4) is 0 Å². The first kappa shape index (κ1) is 14.1. The molecule has 0 saturated heterocycles. The smallest absolute Gasteiger partial charge is 0.375 e. The molecule has 72 valence electrons. The van der Waals surface area contributed by atoms with Crippen molar-refractivity contribution in [3.8, 4) is 0 Å². The average Bonchev–Trinajstić information content (AvgIpc) is 2.04. The van der Waals surface area contributed by atoms with Gasteiger partial charge in [-0.1, -0.05) is 30.3 Å². The van der Waals surface area contributed by atoms with E-state index in [1.54, 1.807) is 30.3 Å². The molecule has 0 heterocycles. The van der Waals surface area contributed by atoms with Gasteiger partial charge in [0, 0.05) is 6.42 Å². The predicted molar refractivity (Wildman–Crippen MR) is 47.7 cm³/mol. The maximum Gasteiger partial charge on any atom is 1.00 e. The number of rotatable bonds is 3. The van der Waals surface area contributed by atoms with E-state index in [2.05, 4.69) is 0 Å². The van der Waals surface area contributed by atoms with Crippen molar-refractivity contribution in [2.24, 2.45) is 0 Å². The van der Waals surface area contributed by atoms with Gasteiger partial charge in [0.1, 0.15) is 0 Å². The van der Waals surface area contributed by atoms with Crippen LogP contribution in [0, 0.1) is 0 Å². The number of aliphatic hydroxyl groups excluding tert-OH is 1. The van der Waals surface area contributed by atoms with Gasteiger partial charge < -0.3 is 5.11 Å².